The molecule has 0 bridgehead atoms. The molecule has 0 aliphatic carbocycles. The fourth-order valence-corrected chi connectivity index (χ4v) is 2.30. The van der Waals surface area contributed by atoms with Crippen molar-refractivity contribution in [1.29, 1.82) is 0 Å². The maximum atomic E-state index is 13.3. The molecule has 0 spiro atoms. The minimum atomic E-state index is -0.241. The fraction of sp³-hybridized carbons (Fsp3) is 0.294. The first kappa shape index (κ1) is 15.3. The molecule has 0 fully saturated rings. The average Bonchev–Trinajstić information content (AvgIpc) is 2.50. The van der Waals surface area contributed by atoms with Gasteiger partial charge < -0.3 is 15.2 Å². The van der Waals surface area contributed by atoms with E-state index in [-0.39, 0.29) is 11.9 Å². The van der Waals surface area contributed by atoms with Gasteiger partial charge in [0, 0.05) is 6.04 Å². The first-order valence-corrected chi connectivity index (χ1v) is 6.77. The van der Waals surface area contributed by atoms with E-state index in [1.807, 2.05) is 25.1 Å². The molecule has 0 aliphatic rings. The number of methoxy groups -OCH3 is 2. The summed E-state index contributed by atoms with van der Waals surface area (Å²) in [6.45, 7) is 1.95. The van der Waals surface area contributed by atoms with E-state index in [0.717, 1.165) is 16.7 Å². The van der Waals surface area contributed by atoms with E-state index in [0.29, 0.717) is 17.9 Å². The highest BCUT2D eigenvalue weighted by molar-refractivity contribution is 5.44. The van der Waals surface area contributed by atoms with Crippen LogP contribution in [0, 0.1) is 12.7 Å². The number of halogens is 1. The van der Waals surface area contributed by atoms with Gasteiger partial charge in [0.05, 0.1) is 14.2 Å². The Morgan fingerprint density at radius 1 is 1.05 bits per heavy atom. The Morgan fingerprint density at radius 3 is 2.43 bits per heavy atom. The van der Waals surface area contributed by atoms with Gasteiger partial charge in [-0.3, -0.25) is 0 Å². The topological polar surface area (TPSA) is 44.5 Å². The number of aryl methyl sites for hydroxylation is 1. The molecule has 4 heteroatoms. The summed E-state index contributed by atoms with van der Waals surface area (Å²) in [5.41, 5.74) is 9.12. The molecule has 1 unspecified atom stereocenters. The molecule has 0 aliphatic heterocycles. The second kappa shape index (κ2) is 6.59. The average molecular weight is 289 g/mol. The number of benzene rings is 2. The van der Waals surface area contributed by atoms with Crippen molar-refractivity contribution in [1.82, 2.24) is 0 Å². The highest BCUT2D eigenvalue weighted by atomic mass is 19.1. The Kier molecular flexibility index (Phi) is 4.81. The van der Waals surface area contributed by atoms with Crippen LogP contribution in [0.4, 0.5) is 4.39 Å². The molecule has 2 rings (SSSR count). The predicted octanol–water partition coefficient (Wildman–Crippen LogP) is 3.39. The molecule has 3 nitrogen and oxygen atoms in total. The zero-order valence-corrected chi connectivity index (χ0v) is 12.5. The Morgan fingerprint density at radius 2 is 1.76 bits per heavy atom. The zero-order valence-electron chi connectivity index (χ0n) is 12.5. The SMILES string of the molecule is COc1ccc(C(N)Cc2cc(F)ccc2C)cc1OC. The van der Waals surface area contributed by atoms with Crippen LogP contribution in [0.1, 0.15) is 22.7 Å². The van der Waals surface area contributed by atoms with Crippen molar-refractivity contribution in [3.63, 3.8) is 0 Å². The van der Waals surface area contributed by atoms with Crippen molar-refractivity contribution in [2.24, 2.45) is 5.73 Å². The van der Waals surface area contributed by atoms with Crippen LogP contribution in [0.2, 0.25) is 0 Å². The maximum Gasteiger partial charge on any atom is 0.161 e. The van der Waals surface area contributed by atoms with Gasteiger partial charge in [-0.25, -0.2) is 4.39 Å². The smallest absolute Gasteiger partial charge is 0.161 e. The molecule has 0 heterocycles. The third-order valence-electron chi connectivity index (χ3n) is 3.59. The number of ether oxygens (including phenoxy) is 2. The van der Waals surface area contributed by atoms with Crippen LogP contribution in [-0.4, -0.2) is 14.2 Å². The molecule has 0 radical (unpaired) electrons. The number of nitrogens with two attached hydrogens (primary N) is 1. The summed E-state index contributed by atoms with van der Waals surface area (Å²) in [5.74, 6) is 1.06. The van der Waals surface area contributed by atoms with Gasteiger partial charge in [0.2, 0.25) is 0 Å². The summed E-state index contributed by atoms with van der Waals surface area (Å²) in [6.07, 6.45) is 0.569. The fourth-order valence-electron chi connectivity index (χ4n) is 2.30. The van der Waals surface area contributed by atoms with E-state index in [2.05, 4.69) is 0 Å². The molecular formula is C17H20FNO2. The van der Waals surface area contributed by atoms with Crippen LogP contribution in [0.5, 0.6) is 11.5 Å². The molecular weight excluding hydrogens is 269 g/mol. The number of hydrogen-bond acceptors (Lipinski definition) is 3. The molecule has 112 valence electrons. The van der Waals surface area contributed by atoms with Gasteiger partial charge in [0.25, 0.3) is 0 Å². The zero-order chi connectivity index (χ0) is 15.4. The first-order chi connectivity index (χ1) is 10.0. The third-order valence-corrected chi connectivity index (χ3v) is 3.59. The van der Waals surface area contributed by atoms with E-state index < -0.39 is 0 Å². The minimum absolute atomic E-state index is 0.231. The van der Waals surface area contributed by atoms with Crippen LogP contribution < -0.4 is 15.2 Å². The lowest BCUT2D eigenvalue weighted by Gasteiger charge is -2.16. The molecule has 1 atom stereocenters. The van der Waals surface area contributed by atoms with Gasteiger partial charge in [-0.15, -0.1) is 0 Å². The van der Waals surface area contributed by atoms with Gasteiger partial charge in [-0.05, 0) is 54.3 Å². The highest BCUT2D eigenvalue weighted by Gasteiger charge is 2.13. The van der Waals surface area contributed by atoms with E-state index in [1.54, 1.807) is 20.3 Å². The maximum absolute atomic E-state index is 13.3. The van der Waals surface area contributed by atoms with Crippen molar-refractivity contribution in [2.75, 3.05) is 14.2 Å². The number of hydrogen-bond donors (Lipinski definition) is 1. The quantitative estimate of drug-likeness (QED) is 0.917. The van der Waals surface area contributed by atoms with Crippen molar-refractivity contribution in [3.8, 4) is 11.5 Å². The normalized spacial score (nSPS) is 12.0. The van der Waals surface area contributed by atoms with Gasteiger partial charge in [-0.2, -0.15) is 0 Å². The van der Waals surface area contributed by atoms with Gasteiger partial charge in [0.1, 0.15) is 5.82 Å². The Hall–Kier alpha value is -2.07. The third kappa shape index (κ3) is 3.52. The van der Waals surface area contributed by atoms with Gasteiger partial charge >= 0.3 is 0 Å². The lowest BCUT2D eigenvalue weighted by atomic mass is 9.96. The van der Waals surface area contributed by atoms with Crippen molar-refractivity contribution >= 4 is 0 Å². The standard InChI is InChI=1S/C17H20FNO2/c1-11-4-6-14(18)8-13(11)9-15(19)12-5-7-16(20-2)17(10-12)21-3/h4-8,10,15H,9,19H2,1-3H3. The molecule has 2 aromatic carbocycles. The highest BCUT2D eigenvalue weighted by Crippen LogP contribution is 2.30. The molecule has 0 amide bonds. The predicted molar refractivity (Wildman–Crippen MR) is 81.3 cm³/mol. The lowest BCUT2D eigenvalue weighted by Crippen LogP contribution is -2.14. The van der Waals surface area contributed by atoms with Crippen molar-refractivity contribution in [2.45, 2.75) is 19.4 Å². The number of rotatable bonds is 5. The van der Waals surface area contributed by atoms with E-state index >= 15 is 0 Å². The second-order valence-electron chi connectivity index (χ2n) is 5.00. The van der Waals surface area contributed by atoms with Crippen LogP contribution in [-0.2, 0) is 6.42 Å². The second-order valence-corrected chi connectivity index (χ2v) is 5.00. The van der Waals surface area contributed by atoms with Gasteiger partial charge in [0.15, 0.2) is 11.5 Å². The van der Waals surface area contributed by atoms with E-state index in [4.69, 9.17) is 15.2 Å². The Bertz CT molecular complexity index is 628. The summed E-state index contributed by atoms with van der Waals surface area (Å²) >= 11 is 0. The van der Waals surface area contributed by atoms with Crippen LogP contribution in [0.15, 0.2) is 36.4 Å². The van der Waals surface area contributed by atoms with Crippen LogP contribution >= 0.6 is 0 Å². The van der Waals surface area contributed by atoms with E-state index in [1.165, 1.54) is 12.1 Å². The van der Waals surface area contributed by atoms with Crippen LogP contribution in [0.3, 0.4) is 0 Å². The molecule has 2 N–H and O–H groups in total. The van der Waals surface area contributed by atoms with Gasteiger partial charge in [-0.1, -0.05) is 12.1 Å². The summed E-state index contributed by atoms with van der Waals surface area (Å²) < 4.78 is 23.8. The molecule has 0 saturated carbocycles. The van der Waals surface area contributed by atoms with E-state index in [9.17, 15) is 4.39 Å². The summed E-state index contributed by atoms with van der Waals surface area (Å²) in [4.78, 5) is 0. The summed E-state index contributed by atoms with van der Waals surface area (Å²) in [6, 6.07) is 10.1. The van der Waals surface area contributed by atoms with Crippen LogP contribution in [0.25, 0.3) is 0 Å². The summed E-state index contributed by atoms with van der Waals surface area (Å²) in [5, 5.41) is 0. The van der Waals surface area contributed by atoms with Crippen molar-refractivity contribution in [3.05, 3.63) is 58.9 Å². The molecule has 0 aromatic heterocycles. The molecule has 2 aromatic rings. The minimum Gasteiger partial charge on any atom is -0.493 e. The monoisotopic (exact) mass is 289 g/mol. The molecule has 0 saturated heterocycles. The first-order valence-electron chi connectivity index (χ1n) is 6.77. The Balaban J connectivity index is 2.24. The summed E-state index contributed by atoms with van der Waals surface area (Å²) in [7, 11) is 3.18. The largest absolute Gasteiger partial charge is 0.493 e. The lowest BCUT2D eigenvalue weighted by molar-refractivity contribution is 0.354. The molecule has 21 heavy (non-hydrogen) atoms. The Labute approximate surface area is 124 Å². The van der Waals surface area contributed by atoms with Crippen molar-refractivity contribution < 1.29 is 13.9 Å².